The van der Waals surface area contributed by atoms with E-state index >= 15 is 0 Å². The zero-order valence-electron chi connectivity index (χ0n) is 12.5. The summed E-state index contributed by atoms with van der Waals surface area (Å²) in [5.74, 6) is 0.994. The Bertz CT molecular complexity index is 442. The average molecular weight is 274 g/mol. The zero-order chi connectivity index (χ0) is 14.0. The summed E-state index contributed by atoms with van der Waals surface area (Å²) in [4.78, 5) is 6.90. The van der Waals surface area contributed by atoms with Crippen LogP contribution in [0.5, 0.6) is 0 Å². The fraction of sp³-hybridized carbons (Fsp3) is 0.706. The molecule has 1 aromatic rings. The Balaban J connectivity index is 1.72. The monoisotopic (exact) mass is 274 g/mol. The molecule has 0 amide bonds. The molecule has 1 aliphatic carbocycles. The third kappa shape index (κ3) is 2.69. The highest BCUT2D eigenvalue weighted by Gasteiger charge is 2.36. The second-order valence-corrected chi connectivity index (χ2v) is 6.64. The highest BCUT2D eigenvalue weighted by atomic mass is 16.3. The average Bonchev–Trinajstić information content (AvgIpc) is 2.49. The van der Waals surface area contributed by atoms with Crippen molar-refractivity contribution >= 4 is 5.82 Å². The smallest absolute Gasteiger partial charge is 0.134 e. The predicted molar refractivity (Wildman–Crippen MR) is 81.8 cm³/mol. The lowest BCUT2D eigenvalue weighted by Gasteiger charge is -2.45. The van der Waals surface area contributed by atoms with Crippen LogP contribution in [0.1, 0.15) is 63.5 Å². The first-order valence-corrected chi connectivity index (χ1v) is 8.08. The molecule has 20 heavy (non-hydrogen) atoms. The van der Waals surface area contributed by atoms with Crippen LogP contribution in [0, 0.1) is 5.41 Å². The minimum atomic E-state index is -0.440. The molecule has 1 saturated heterocycles. The summed E-state index contributed by atoms with van der Waals surface area (Å²) < 4.78 is 0. The normalized spacial score (nSPS) is 23.8. The van der Waals surface area contributed by atoms with Crippen LogP contribution in [0.2, 0.25) is 0 Å². The number of pyridine rings is 1. The van der Waals surface area contributed by atoms with Crippen molar-refractivity contribution in [3.05, 3.63) is 23.9 Å². The van der Waals surface area contributed by atoms with Gasteiger partial charge in [-0.25, -0.2) is 4.98 Å². The van der Waals surface area contributed by atoms with Crippen LogP contribution in [0.15, 0.2) is 18.3 Å². The van der Waals surface area contributed by atoms with Crippen molar-refractivity contribution in [3.8, 4) is 0 Å². The third-order valence-electron chi connectivity index (χ3n) is 5.30. The van der Waals surface area contributed by atoms with Crippen molar-refractivity contribution < 1.29 is 5.11 Å². The largest absolute Gasteiger partial charge is 0.389 e. The Morgan fingerprint density at radius 2 is 1.85 bits per heavy atom. The summed E-state index contributed by atoms with van der Waals surface area (Å²) in [6.45, 7) is 4.01. The van der Waals surface area contributed by atoms with E-state index in [1.807, 2.05) is 25.3 Å². The summed E-state index contributed by atoms with van der Waals surface area (Å²) in [7, 11) is 0. The maximum Gasteiger partial charge on any atom is 0.134 e. The Morgan fingerprint density at radius 3 is 2.50 bits per heavy atom. The summed E-state index contributed by atoms with van der Waals surface area (Å²) in [6, 6.07) is 3.91. The van der Waals surface area contributed by atoms with E-state index in [4.69, 9.17) is 0 Å². The van der Waals surface area contributed by atoms with E-state index in [-0.39, 0.29) is 0 Å². The van der Waals surface area contributed by atoms with Crippen LogP contribution in [0.4, 0.5) is 5.82 Å². The highest BCUT2D eigenvalue weighted by Crippen LogP contribution is 2.45. The van der Waals surface area contributed by atoms with Gasteiger partial charge < -0.3 is 10.0 Å². The number of rotatable bonds is 2. The molecule has 1 N–H and O–H groups in total. The topological polar surface area (TPSA) is 36.4 Å². The molecule has 1 aromatic heterocycles. The van der Waals surface area contributed by atoms with Crippen molar-refractivity contribution in [2.24, 2.45) is 5.41 Å². The molecule has 0 bridgehead atoms. The third-order valence-corrected chi connectivity index (χ3v) is 5.30. The molecule has 2 heterocycles. The van der Waals surface area contributed by atoms with Crippen LogP contribution in [0.3, 0.4) is 0 Å². The molecule has 2 aliphatic rings. The lowest BCUT2D eigenvalue weighted by molar-refractivity contribution is 0.143. The number of nitrogens with zero attached hydrogens (tertiary/aromatic N) is 2. The fourth-order valence-electron chi connectivity index (χ4n) is 3.99. The molecular weight excluding hydrogens is 248 g/mol. The molecule has 3 nitrogen and oxygen atoms in total. The molecule has 0 radical (unpaired) electrons. The van der Waals surface area contributed by atoms with E-state index < -0.39 is 6.10 Å². The zero-order valence-corrected chi connectivity index (χ0v) is 12.5. The number of aromatic nitrogens is 1. The van der Waals surface area contributed by atoms with Crippen molar-refractivity contribution in [1.82, 2.24) is 4.98 Å². The number of piperidine rings is 1. The summed E-state index contributed by atoms with van der Waals surface area (Å²) in [5.41, 5.74) is 1.58. The minimum absolute atomic E-state index is 0.440. The van der Waals surface area contributed by atoms with Crippen LogP contribution in [-0.4, -0.2) is 23.2 Å². The Morgan fingerprint density at radius 1 is 1.15 bits per heavy atom. The molecule has 1 spiro atoms. The van der Waals surface area contributed by atoms with Gasteiger partial charge in [0.1, 0.15) is 5.82 Å². The Labute approximate surface area is 122 Å². The molecule has 0 aromatic carbocycles. The van der Waals surface area contributed by atoms with E-state index in [2.05, 4.69) is 9.88 Å². The summed E-state index contributed by atoms with van der Waals surface area (Å²) in [5, 5.41) is 9.91. The van der Waals surface area contributed by atoms with E-state index in [0.717, 1.165) is 24.5 Å². The van der Waals surface area contributed by atoms with Crippen molar-refractivity contribution in [3.63, 3.8) is 0 Å². The van der Waals surface area contributed by atoms with Gasteiger partial charge in [-0.1, -0.05) is 25.3 Å². The van der Waals surface area contributed by atoms with Gasteiger partial charge in [0, 0.05) is 24.8 Å². The number of hydrogen-bond acceptors (Lipinski definition) is 3. The molecule has 1 atom stereocenters. The van der Waals surface area contributed by atoms with E-state index in [1.165, 1.54) is 44.9 Å². The first kappa shape index (κ1) is 13.9. The molecule has 1 aliphatic heterocycles. The molecule has 1 saturated carbocycles. The van der Waals surface area contributed by atoms with Gasteiger partial charge in [-0.3, -0.25) is 0 Å². The van der Waals surface area contributed by atoms with E-state index in [1.54, 1.807) is 0 Å². The molecule has 2 fully saturated rings. The Hall–Kier alpha value is -1.09. The minimum Gasteiger partial charge on any atom is -0.389 e. The van der Waals surface area contributed by atoms with Crippen LogP contribution in [-0.2, 0) is 0 Å². The van der Waals surface area contributed by atoms with Gasteiger partial charge in [0.25, 0.3) is 0 Å². The second-order valence-electron chi connectivity index (χ2n) is 6.64. The van der Waals surface area contributed by atoms with Crippen LogP contribution >= 0.6 is 0 Å². The molecular formula is C17H26N2O. The van der Waals surface area contributed by atoms with E-state index in [0.29, 0.717) is 5.41 Å². The number of aliphatic hydroxyl groups is 1. The standard InChI is InChI=1S/C17H26N2O/c1-14(20)15-6-5-11-18-16(15)19-12-9-17(10-13-19)7-3-2-4-8-17/h5-6,11,14,20H,2-4,7-10,12-13H2,1H3. The number of hydrogen-bond donors (Lipinski definition) is 1. The summed E-state index contributed by atoms with van der Waals surface area (Å²) in [6.07, 6.45) is 11.1. The molecule has 3 rings (SSSR count). The van der Waals surface area contributed by atoms with Crippen molar-refractivity contribution in [2.75, 3.05) is 18.0 Å². The number of anilines is 1. The summed E-state index contributed by atoms with van der Waals surface area (Å²) >= 11 is 0. The van der Waals surface area contributed by atoms with Crippen LogP contribution in [0.25, 0.3) is 0 Å². The first-order chi connectivity index (χ1) is 9.70. The Kier molecular flexibility index (Phi) is 3.97. The molecule has 110 valence electrons. The van der Waals surface area contributed by atoms with Gasteiger partial charge >= 0.3 is 0 Å². The van der Waals surface area contributed by atoms with Crippen molar-refractivity contribution in [1.29, 1.82) is 0 Å². The van der Waals surface area contributed by atoms with Gasteiger partial charge in [0.2, 0.25) is 0 Å². The lowest BCUT2D eigenvalue weighted by Crippen LogP contribution is -2.41. The van der Waals surface area contributed by atoms with Gasteiger partial charge in [0.05, 0.1) is 6.10 Å². The van der Waals surface area contributed by atoms with E-state index in [9.17, 15) is 5.11 Å². The maximum absolute atomic E-state index is 9.91. The SMILES string of the molecule is CC(O)c1cccnc1N1CCC2(CCCCC2)CC1. The molecule has 3 heteroatoms. The van der Waals surface area contributed by atoms with Crippen molar-refractivity contribution in [2.45, 2.75) is 58.0 Å². The van der Waals surface area contributed by atoms with Gasteiger partial charge in [-0.15, -0.1) is 0 Å². The second kappa shape index (κ2) is 5.72. The predicted octanol–water partition coefficient (Wildman–Crippen LogP) is 3.69. The van der Waals surface area contributed by atoms with Gasteiger partial charge in [-0.05, 0) is 44.1 Å². The first-order valence-electron chi connectivity index (χ1n) is 8.08. The highest BCUT2D eigenvalue weighted by molar-refractivity contribution is 5.48. The lowest BCUT2D eigenvalue weighted by atomic mass is 9.68. The van der Waals surface area contributed by atoms with Crippen LogP contribution < -0.4 is 4.90 Å². The maximum atomic E-state index is 9.91. The quantitative estimate of drug-likeness (QED) is 0.893. The van der Waals surface area contributed by atoms with Gasteiger partial charge in [-0.2, -0.15) is 0 Å². The molecule has 1 unspecified atom stereocenters. The fourth-order valence-corrected chi connectivity index (χ4v) is 3.99. The number of aliphatic hydroxyl groups excluding tert-OH is 1. The van der Waals surface area contributed by atoms with Gasteiger partial charge in [0.15, 0.2) is 0 Å².